The molecule has 0 bridgehead atoms. The number of imidazole rings is 1. The highest BCUT2D eigenvalue weighted by Gasteiger charge is 2.34. The number of hydrogen-bond donors (Lipinski definition) is 1. The van der Waals surface area contributed by atoms with E-state index in [1.807, 2.05) is 41.5 Å². The molecule has 35 heavy (non-hydrogen) atoms. The standard InChI is InChI=1S/C25H25ClFN5O2.BrH/c1-3-4-11-31-12-13-32(16-31)15-21-22(25(33)34-2)23(18-9-8-17(27)14-19(18)26)30-24(29-21)20-7-5-6-10-28-20;/h5-10,12-14,16,23H,3-4,11,15H2,1-2H3;1H. The van der Waals surface area contributed by atoms with E-state index < -0.39 is 17.8 Å². The lowest BCUT2D eigenvalue weighted by molar-refractivity contribution is -0.689. The van der Waals surface area contributed by atoms with Crippen LogP contribution in [0.2, 0.25) is 5.02 Å². The number of nitrogens with zero attached hydrogens (tertiary/aromatic N) is 4. The van der Waals surface area contributed by atoms with Gasteiger partial charge in [0.15, 0.2) is 5.84 Å². The first-order valence-corrected chi connectivity index (χ1v) is 11.4. The fourth-order valence-electron chi connectivity index (χ4n) is 3.84. The van der Waals surface area contributed by atoms with E-state index in [0.717, 1.165) is 19.4 Å². The summed E-state index contributed by atoms with van der Waals surface area (Å²) in [6.45, 7) is 3.43. The normalized spacial score (nSPS) is 15.2. The minimum atomic E-state index is -0.795. The van der Waals surface area contributed by atoms with Gasteiger partial charge in [-0.2, -0.15) is 0 Å². The van der Waals surface area contributed by atoms with Gasteiger partial charge in [0.2, 0.25) is 6.33 Å². The Bertz CT molecular complexity index is 1250. The molecule has 0 radical (unpaired) electrons. The number of aliphatic imine (C=N–C) groups is 1. The zero-order valence-electron chi connectivity index (χ0n) is 19.4. The molecule has 0 aliphatic carbocycles. The van der Waals surface area contributed by atoms with Crippen LogP contribution in [0, 0.1) is 5.82 Å². The Labute approximate surface area is 219 Å². The van der Waals surface area contributed by atoms with Gasteiger partial charge in [-0.3, -0.25) is 9.98 Å². The van der Waals surface area contributed by atoms with Crippen LogP contribution in [0.5, 0.6) is 0 Å². The lowest BCUT2D eigenvalue weighted by Crippen LogP contribution is -3.00. The highest BCUT2D eigenvalue weighted by Crippen LogP contribution is 2.36. The van der Waals surface area contributed by atoms with Crippen molar-refractivity contribution in [2.24, 2.45) is 4.99 Å². The molecule has 2 aromatic heterocycles. The molecule has 7 nitrogen and oxygen atoms in total. The molecule has 0 fully saturated rings. The average Bonchev–Trinajstić information content (AvgIpc) is 3.29. The predicted molar refractivity (Wildman–Crippen MR) is 127 cm³/mol. The number of methoxy groups -OCH3 is 1. The number of ether oxygens (including phenoxy) is 1. The Balaban J connectivity index is 0.00000342. The van der Waals surface area contributed by atoms with Crippen molar-refractivity contribution in [3.05, 3.63) is 94.7 Å². The highest BCUT2D eigenvalue weighted by atomic mass is 79.9. The summed E-state index contributed by atoms with van der Waals surface area (Å²) in [5, 5.41) is 3.46. The second-order valence-electron chi connectivity index (χ2n) is 7.95. The average molecular weight is 563 g/mol. The SMILES string of the molecule is CCCCn1cc[n+](CC2=C(C(=O)OC)C(c3ccc(F)cc3Cl)N=C(c3ccccn3)N2)c1.[Br-]. The third-order valence-corrected chi connectivity index (χ3v) is 5.88. The molecule has 3 aromatic rings. The van der Waals surface area contributed by atoms with Crippen molar-refractivity contribution in [1.82, 2.24) is 14.9 Å². The van der Waals surface area contributed by atoms with E-state index in [0.29, 0.717) is 34.9 Å². The minimum absolute atomic E-state index is 0. The minimum Gasteiger partial charge on any atom is -1.00 e. The maximum atomic E-state index is 13.8. The molecule has 0 amide bonds. The number of hydrogen-bond acceptors (Lipinski definition) is 5. The number of carbonyl (C=O) groups is 1. The van der Waals surface area contributed by atoms with Gasteiger partial charge < -0.3 is 27.0 Å². The largest absolute Gasteiger partial charge is 1.00 e. The highest BCUT2D eigenvalue weighted by molar-refractivity contribution is 6.31. The van der Waals surface area contributed by atoms with Crippen LogP contribution in [0.3, 0.4) is 0 Å². The maximum Gasteiger partial charge on any atom is 0.338 e. The summed E-state index contributed by atoms with van der Waals surface area (Å²) < 4.78 is 23.0. The second kappa shape index (κ2) is 12.1. The van der Waals surface area contributed by atoms with Gasteiger partial charge in [-0.05, 0) is 30.7 Å². The summed E-state index contributed by atoms with van der Waals surface area (Å²) in [6.07, 6.45) is 9.78. The Hall–Kier alpha value is -3.04. The van der Waals surface area contributed by atoms with Gasteiger partial charge >= 0.3 is 5.97 Å². The molecule has 0 saturated heterocycles. The molecule has 1 aromatic carbocycles. The van der Waals surface area contributed by atoms with Gasteiger partial charge in [-0.15, -0.1) is 0 Å². The third-order valence-electron chi connectivity index (χ3n) is 5.55. The molecular formula is C25H26BrClFN5O2. The van der Waals surface area contributed by atoms with E-state index in [1.165, 1.54) is 19.2 Å². The van der Waals surface area contributed by atoms with Gasteiger partial charge in [0.05, 0.1) is 24.9 Å². The fraction of sp³-hybridized carbons (Fsp3) is 0.280. The van der Waals surface area contributed by atoms with Crippen LogP contribution in [-0.4, -0.2) is 28.5 Å². The van der Waals surface area contributed by atoms with E-state index in [-0.39, 0.29) is 22.0 Å². The number of halogens is 3. The quantitative estimate of drug-likeness (QED) is 0.328. The molecule has 1 aliphatic heterocycles. The van der Waals surface area contributed by atoms with Crippen molar-refractivity contribution in [2.45, 2.75) is 38.9 Å². The third kappa shape index (κ3) is 6.15. The van der Waals surface area contributed by atoms with Crippen molar-refractivity contribution >= 4 is 23.4 Å². The van der Waals surface area contributed by atoms with E-state index in [1.54, 1.807) is 12.3 Å². The Kier molecular flexibility index (Phi) is 9.17. The van der Waals surface area contributed by atoms with Crippen LogP contribution < -0.4 is 26.9 Å². The van der Waals surface area contributed by atoms with Crippen LogP contribution in [0.15, 0.2) is 77.6 Å². The van der Waals surface area contributed by atoms with Gasteiger partial charge in [-0.25, -0.2) is 18.3 Å². The number of allylic oxidation sites excluding steroid dienone is 1. The Morgan fingerprint density at radius 1 is 1.31 bits per heavy atom. The first-order valence-electron chi connectivity index (χ1n) is 11.1. The fourth-order valence-corrected chi connectivity index (χ4v) is 4.11. The molecule has 10 heteroatoms. The van der Waals surface area contributed by atoms with Crippen LogP contribution in [0.25, 0.3) is 0 Å². The monoisotopic (exact) mass is 561 g/mol. The number of aromatic nitrogens is 3. The number of unbranched alkanes of at least 4 members (excludes halogenated alkanes) is 1. The smallest absolute Gasteiger partial charge is 0.338 e. The van der Waals surface area contributed by atoms with Crippen LogP contribution in [0.4, 0.5) is 4.39 Å². The van der Waals surface area contributed by atoms with Crippen LogP contribution in [-0.2, 0) is 22.6 Å². The lowest BCUT2D eigenvalue weighted by Gasteiger charge is -2.27. The zero-order chi connectivity index (χ0) is 24.1. The number of esters is 1. The van der Waals surface area contributed by atoms with E-state index in [9.17, 15) is 9.18 Å². The Morgan fingerprint density at radius 2 is 2.14 bits per heavy atom. The Morgan fingerprint density at radius 3 is 2.83 bits per heavy atom. The topological polar surface area (TPSA) is 72.4 Å². The summed E-state index contributed by atoms with van der Waals surface area (Å²) >= 11 is 6.40. The van der Waals surface area contributed by atoms with Crippen molar-refractivity contribution in [2.75, 3.05) is 7.11 Å². The molecule has 0 spiro atoms. The first kappa shape index (κ1) is 26.6. The number of aryl methyl sites for hydroxylation is 1. The maximum absolute atomic E-state index is 13.8. The summed E-state index contributed by atoms with van der Waals surface area (Å²) in [5.41, 5.74) is 2.02. The van der Waals surface area contributed by atoms with Gasteiger partial charge in [0, 0.05) is 16.8 Å². The predicted octanol–water partition coefficient (Wildman–Crippen LogP) is 0.986. The number of rotatable bonds is 8. The molecule has 184 valence electrons. The van der Waals surface area contributed by atoms with E-state index in [4.69, 9.17) is 21.3 Å². The molecule has 1 atom stereocenters. The van der Waals surface area contributed by atoms with Crippen LogP contribution >= 0.6 is 11.6 Å². The number of nitrogens with one attached hydrogen (secondary N) is 1. The lowest BCUT2D eigenvalue weighted by atomic mass is 9.95. The number of benzene rings is 1. The number of carbonyl (C=O) groups excluding carboxylic acids is 1. The second-order valence-corrected chi connectivity index (χ2v) is 8.35. The molecular weight excluding hydrogens is 537 g/mol. The van der Waals surface area contributed by atoms with E-state index >= 15 is 0 Å². The van der Waals surface area contributed by atoms with Crippen molar-refractivity contribution < 1.29 is 35.5 Å². The van der Waals surface area contributed by atoms with Gasteiger partial charge in [0.25, 0.3) is 0 Å². The van der Waals surface area contributed by atoms with Crippen molar-refractivity contribution in [3.8, 4) is 0 Å². The molecule has 1 unspecified atom stereocenters. The van der Waals surface area contributed by atoms with Crippen LogP contribution in [0.1, 0.15) is 37.1 Å². The molecule has 3 heterocycles. The zero-order valence-corrected chi connectivity index (χ0v) is 21.8. The van der Waals surface area contributed by atoms with Crippen molar-refractivity contribution in [3.63, 3.8) is 0 Å². The number of amidine groups is 1. The molecule has 0 saturated carbocycles. The molecule has 1 N–H and O–H groups in total. The molecule has 1 aliphatic rings. The molecule has 4 rings (SSSR count). The van der Waals surface area contributed by atoms with Crippen molar-refractivity contribution in [1.29, 1.82) is 0 Å². The van der Waals surface area contributed by atoms with E-state index in [2.05, 4.69) is 21.8 Å². The van der Waals surface area contributed by atoms with Gasteiger partial charge in [-0.1, -0.05) is 37.1 Å². The number of pyridine rings is 1. The summed E-state index contributed by atoms with van der Waals surface area (Å²) in [5.74, 6) is -0.521. The van der Waals surface area contributed by atoms with Gasteiger partial charge in [0.1, 0.15) is 36.5 Å². The summed E-state index contributed by atoms with van der Waals surface area (Å²) in [4.78, 5) is 22.1. The first-order chi connectivity index (χ1) is 16.5. The summed E-state index contributed by atoms with van der Waals surface area (Å²) in [6, 6.07) is 8.76. The summed E-state index contributed by atoms with van der Waals surface area (Å²) in [7, 11) is 1.32.